The topological polar surface area (TPSA) is 72.3 Å². The van der Waals surface area contributed by atoms with Crippen LogP contribution in [0.2, 0.25) is 0 Å². The Balaban J connectivity index is 2.17. The maximum atomic E-state index is 12.4. The second kappa shape index (κ2) is 5.79. The molecule has 0 bridgehead atoms. The number of carbonyl (C=O) groups is 3. The summed E-state index contributed by atoms with van der Waals surface area (Å²) >= 11 is 0. The van der Waals surface area contributed by atoms with Crippen LogP contribution in [0.5, 0.6) is 0 Å². The second-order valence-corrected chi connectivity index (χ2v) is 6.03. The Labute approximate surface area is 124 Å². The van der Waals surface area contributed by atoms with Gasteiger partial charge in [0.15, 0.2) is 0 Å². The highest BCUT2D eigenvalue weighted by molar-refractivity contribution is 6.38. The van der Waals surface area contributed by atoms with Crippen molar-refractivity contribution in [3.8, 4) is 0 Å². The highest BCUT2D eigenvalue weighted by atomic mass is 16.2. The van der Waals surface area contributed by atoms with Crippen LogP contribution in [-0.2, 0) is 9.59 Å². The average molecular weight is 291 g/mol. The molecule has 0 radical (unpaired) electrons. The molecule has 1 aromatic rings. The molecule has 0 unspecified atom stereocenters. The van der Waals surface area contributed by atoms with Crippen LogP contribution in [-0.4, -0.2) is 44.6 Å². The van der Waals surface area contributed by atoms with Crippen molar-refractivity contribution < 1.29 is 14.4 Å². The first kappa shape index (κ1) is 15.4. The molecule has 1 aliphatic heterocycles. The van der Waals surface area contributed by atoms with Gasteiger partial charge in [-0.25, -0.2) is 4.98 Å². The largest absolute Gasteiger partial charge is 0.324 e. The summed E-state index contributed by atoms with van der Waals surface area (Å²) in [5.74, 6) is -1.17. The predicted octanol–water partition coefficient (Wildman–Crippen LogP) is 1.52. The van der Waals surface area contributed by atoms with Crippen molar-refractivity contribution in [2.24, 2.45) is 5.41 Å². The lowest BCUT2D eigenvalue weighted by molar-refractivity contribution is -0.149. The van der Waals surface area contributed by atoms with Gasteiger partial charge < -0.3 is 4.90 Å². The van der Waals surface area contributed by atoms with E-state index in [1.54, 1.807) is 20.0 Å². The highest BCUT2D eigenvalue weighted by Gasteiger charge is 2.41. The SMILES string of the molecule is CCC(C)(C)C(=O)C(=O)N1CCC[C@H]1C(=O)n1ccnc1. The van der Waals surface area contributed by atoms with Gasteiger partial charge in [-0.15, -0.1) is 0 Å². The molecule has 0 aromatic carbocycles. The molecule has 1 aliphatic rings. The summed E-state index contributed by atoms with van der Waals surface area (Å²) in [7, 11) is 0. The first-order chi connectivity index (χ1) is 9.88. The molecule has 1 atom stereocenters. The third-order valence-electron chi connectivity index (χ3n) is 4.25. The number of imidazole rings is 1. The fourth-order valence-corrected chi connectivity index (χ4v) is 2.41. The van der Waals surface area contributed by atoms with Crippen molar-refractivity contribution in [3.63, 3.8) is 0 Å². The summed E-state index contributed by atoms with van der Waals surface area (Å²) in [6, 6.07) is -0.566. The summed E-state index contributed by atoms with van der Waals surface area (Å²) in [6.45, 7) is 5.85. The fraction of sp³-hybridized carbons (Fsp3) is 0.600. The standard InChI is InChI=1S/C15H21N3O3/c1-4-15(2,3)12(19)14(21)18-8-5-6-11(18)13(20)17-9-7-16-10-17/h7,9-11H,4-6,8H2,1-3H3/t11-/m0/s1. The van der Waals surface area contributed by atoms with Crippen LogP contribution in [0.3, 0.4) is 0 Å². The van der Waals surface area contributed by atoms with Crippen molar-refractivity contribution in [2.75, 3.05) is 6.54 Å². The summed E-state index contributed by atoms with van der Waals surface area (Å²) < 4.78 is 1.37. The third-order valence-corrected chi connectivity index (χ3v) is 4.25. The van der Waals surface area contributed by atoms with Crippen molar-refractivity contribution >= 4 is 17.6 Å². The molecule has 1 saturated heterocycles. The molecular formula is C15H21N3O3. The molecule has 0 N–H and O–H groups in total. The monoisotopic (exact) mass is 291 g/mol. The maximum absolute atomic E-state index is 12.4. The minimum Gasteiger partial charge on any atom is -0.324 e. The van der Waals surface area contributed by atoms with Gasteiger partial charge in [0.1, 0.15) is 12.4 Å². The molecule has 2 heterocycles. The van der Waals surface area contributed by atoms with Gasteiger partial charge >= 0.3 is 0 Å². The van der Waals surface area contributed by atoms with Crippen molar-refractivity contribution in [2.45, 2.75) is 46.1 Å². The van der Waals surface area contributed by atoms with Crippen molar-refractivity contribution in [1.29, 1.82) is 0 Å². The Hall–Kier alpha value is -1.98. The molecule has 1 fully saturated rings. The van der Waals surface area contributed by atoms with Gasteiger partial charge in [-0.1, -0.05) is 20.8 Å². The summed E-state index contributed by atoms with van der Waals surface area (Å²) in [5.41, 5.74) is -0.692. The normalized spacial score (nSPS) is 18.8. The number of likely N-dealkylation sites (tertiary alicyclic amines) is 1. The zero-order valence-corrected chi connectivity index (χ0v) is 12.7. The minimum absolute atomic E-state index is 0.208. The van der Waals surface area contributed by atoms with E-state index in [1.807, 2.05) is 6.92 Å². The van der Waals surface area contributed by atoms with Gasteiger partial charge in [0.25, 0.3) is 11.8 Å². The zero-order valence-electron chi connectivity index (χ0n) is 12.7. The third kappa shape index (κ3) is 2.89. The number of hydrogen-bond donors (Lipinski definition) is 0. The highest BCUT2D eigenvalue weighted by Crippen LogP contribution is 2.26. The van der Waals surface area contributed by atoms with Gasteiger partial charge in [-0.05, 0) is 19.3 Å². The number of rotatable bonds is 4. The van der Waals surface area contributed by atoms with E-state index >= 15 is 0 Å². The van der Waals surface area contributed by atoms with Crippen LogP contribution in [0.25, 0.3) is 0 Å². The van der Waals surface area contributed by atoms with Crippen LogP contribution in [0.4, 0.5) is 0 Å². The van der Waals surface area contributed by atoms with Crippen LogP contribution >= 0.6 is 0 Å². The lowest BCUT2D eigenvalue weighted by atomic mass is 9.84. The Bertz CT molecular complexity index is 549. The number of hydrogen-bond acceptors (Lipinski definition) is 4. The zero-order chi connectivity index (χ0) is 15.6. The Morgan fingerprint density at radius 1 is 1.33 bits per heavy atom. The number of carbonyl (C=O) groups excluding carboxylic acids is 3. The van der Waals surface area contributed by atoms with Gasteiger partial charge in [0.2, 0.25) is 5.78 Å². The second-order valence-electron chi connectivity index (χ2n) is 6.03. The van der Waals surface area contributed by atoms with E-state index < -0.39 is 23.1 Å². The van der Waals surface area contributed by atoms with Gasteiger partial charge in [0.05, 0.1) is 0 Å². The molecule has 6 heteroatoms. The summed E-state index contributed by atoms with van der Waals surface area (Å²) in [6.07, 6.45) is 6.40. The van der Waals surface area contributed by atoms with E-state index in [0.717, 1.165) is 6.42 Å². The average Bonchev–Trinajstić information content (AvgIpc) is 3.15. The fourth-order valence-electron chi connectivity index (χ4n) is 2.41. The minimum atomic E-state index is -0.692. The van der Waals surface area contributed by atoms with E-state index in [4.69, 9.17) is 0 Å². The number of Topliss-reactive ketones (excluding diaryl/α,β-unsaturated/α-hetero) is 1. The lowest BCUT2D eigenvalue weighted by Crippen LogP contribution is -2.48. The van der Waals surface area contributed by atoms with Crippen LogP contribution < -0.4 is 0 Å². The van der Waals surface area contributed by atoms with E-state index in [0.29, 0.717) is 19.4 Å². The first-order valence-corrected chi connectivity index (χ1v) is 7.26. The Morgan fingerprint density at radius 3 is 2.62 bits per heavy atom. The van der Waals surface area contributed by atoms with Gasteiger partial charge in [-0.2, -0.15) is 0 Å². The molecule has 21 heavy (non-hydrogen) atoms. The predicted molar refractivity (Wildman–Crippen MR) is 76.7 cm³/mol. The van der Waals surface area contributed by atoms with Crippen LogP contribution in [0, 0.1) is 5.41 Å². The summed E-state index contributed by atoms with van der Waals surface area (Å²) in [4.78, 5) is 42.4. The Morgan fingerprint density at radius 2 is 2.05 bits per heavy atom. The molecule has 114 valence electrons. The molecule has 2 rings (SSSR count). The molecule has 0 aliphatic carbocycles. The molecule has 1 aromatic heterocycles. The van der Waals surface area contributed by atoms with E-state index in [1.165, 1.54) is 22.0 Å². The lowest BCUT2D eigenvalue weighted by Gasteiger charge is -2.27. The van der Waals surface area contributed by atoms with E-state index in [-0.39, 0.29) is 5.91 Å². The number of aromatic nitrogens is 2. The molecule has 0 saturated carbocycles. The van der Waals surface area contributed by atoms with E-state index in [2.05, 4.69) is 4.98 Å². The Kier molecular flexibility index (Phi) is 4.25. The maximum Gasteiger partial charge on any atom is 0.291 e. The van der Waals surface area contributed by atoms with Crippen molar-refractivity contribution in [3.05, 3.63) is 18.7 Å². The van der Waals surface area contributed by atoms with E-state index in [9.17, 15) is 14.4 Å². The molecule has 0 spiro atoms. The van der Waals surface area contributed by atoms with Crippen molar-refractivity contribution in [1.82, 2.24) is 14.5 Å². The number of ketones is 1. The number of amides is 1. The summed E-state index contributed by atoms with van der Waals surface area (Å²) in [5, 5.41) is 0. The molecular weight excluding hydrogens is 270 g/mol. The van der Waals surface area contributed by atoms with Gasteiger partial charge in [-0.3, -0.25) is 19.0 Å². The van der Waals surface area contributed by atoms with Crippen LogP contribution in [0.15, 0.2) is 18.7 Å². The smallest absolute Gasteiger partial charge is 0.291 e. The molecule has 1 amide bonds. The first-order valence-electron chi connectivity index (χ1n) is 7.26. The number of nitrogens with zero attached hydrogens (tertiary/aromatic N) is 3. The van der Waals surface area contributed by atoms with Gasteiger partial charge in [0, 0.05) is 24.4 Å². The molecule has 6 nitrogen and oxygen atoms in total. The quantitative estimate of drug-likeness (QED) is 0.788. The van der Waals surface area contributed by atoms with Crippen LogP contribution in [0.1, 0.15) is 44.8 Å².